The van der Waals surface area contributed by atoms with Gasteiger partial charge < -0.3 is 16.0 Å². The van der Waals surface area contributed by atoms with Gasteiger partial charge in [0.15, 0.2) is 0 Å². The number of nitrogens with one attached hydrogen (secondary N) is 3. The molecule has 4 rings (SSSR count). The van der Waals surface area contributed by atoms with Crippen LogP contribution in [0.1, 0.15) is 36.6 Å². The molecule has 3 aromatic carbocycles. The molecule has 1 unspecified atom stereocenters. The van der Waals surface area contributed by atoms with Gasteiger partial charge in [-0.2, -0.15) is 0 Å². The van der Waals surface area contributed by atoms with Crippen LogP contribution in [0.2, 0.25) is 0 Å². The Morgan fingerprint density at radius 1 is 0.921 bits per heavy atom. The van der Waals surface area contributed by atoms with E-state index in [0.717, 1.165) is 41.2 Å². The molecule has 0 saturated carbocycles. The van der Waals surface area contributed by atoms with Crippen LogP contribution in [0.3, 0.4) is 0 Å². The van der Waals surface area contributed by atoms with Crippen LogP contribution in [0.25, 0.3) is 10.8 Å². The van der Waals surface area contributed by atoms with Crippen molar-refractivity contribution >= 4 is 32.6 Å². The molecule has 0 aliphatic carbocycles. The Morgan fingerprint density at radius 2 is 1.61 bits per heavy atom. The number of piperidine rings is 1. The second-order valence-electron chi connectivity index (χ2n) is 9.43. The third-order valence-corrected chi connectivity index (χ3v) is 8.11. The molecular weight excluding hydrogens is 504 g/mol. The van der Waals surface area contributed by atoms with E-state index in [2.05, 4.69) is 15.5 Å². The van der Waals surface area contributed by atoms with E-state index in [4.69, 9.17) is 11.6 Å². The predicted molar refractivity (Wildman–Crippen MR) is 146 cm³/mol. The van der Waals surface area contributed by atoms with Crippen molar-refractivity contribution in [2.45, 2.75) is 42.8 Å². The zero-order chi connectivity index (χ0) is 27.1. The number of sulfonamides is 1. The van der Waals surface area contributed by atoms with Crippen molar-refractivity contribution < 1.29 is 18.0 Å². The van der Waals surface area contributed by atoms with Crippen LogP contribution in [0.15, 0.2) is 71.6 Å². The number of carbonyl (C=O) groups is 2. The highest BCUT2D eigenvalue weighted by molar-refractivity contribution is 7.89. The fraction of sp³-hybridized carbons (Fsp3) is 0.333. The van der Waals surface area contributed by atoms with Gasteiger partial charge in [-0.15, -0.1) is 0 Å². The van der Waals surface area contributed by atoms with E-state index < -0.39 is 34.7 Å². The molecule has 2 amide bonds. The summed E-state index contributed by atoms with van der Waals surface area (Å²) in [4.78, 5) is 28.0. The second kappa shape index (κ2) is 12.5. The number of fused-ring (bicyclic) bond motifs is 1. The predicted octanol–water partition coefficient (Wildman–Crippen LogP) is 1.28. The molecule has 1 saturated heterocycles. The number of hydrazine groups is 1. The Labute approximate surface area is 222 Å². The minimum atomic E-state index is -3.93. The normalized spacial score (nSPS) is 15.7. The lowest BCUT2D eigenvalue weighted by molar-refractivity contribution is -0.137. The highest BCUT2D eigenvalue weighted by Crippen LogP contribution is 2.19. The van der Waals surface area contributed by atoms with Gasteiger partial charge in [-0.3, -0.25) is 15.4 Å². The topological polar surface area (TPSA) is 160 Å². The van der Waals surface area contributed by atoms with E-state index in [9.17, 15) is 18.0 Å². The summed E-state index contributed by atoms with van der Waals surface area (Å²) in [7, 11) is -3.93. The van der Waals surface area contributed by atoms with Crippen molar-refractivity contribution in [1.82, 2.24) is 20.4 Å². The Kier molecular flexibility index (Phi) is 9.08. The van der Waals surface area contributed by atoms with Crippen LogP contribution < -0.4 is 27.0 Å². The first kappa shape index (κ1) is 27.7. The number of carbonyl (C=O) groups excluding carboxylic acids is 2. The number of amides is 2. The summed E-state index contributed by atoms with van der Waals surface area (Å²) in [5.41, 5.74) is 9.97. The molecule has 1 aliphatic heterocycles. The van der Waals surface area contributed by atoms with E-state index in [0.29, 0.717) is 13.1 Å². The lowest BCUT2D eigenvalue weighted by Crippen LogP contribution is -2.52. The number of nitrogens with two attached hydrogens (primary N) is 2. The summed E-state index contributed by atoms with van der Waals surface area (Å²) in [6, 6.07) is 18.6. The van der Waals surface area contributed by atoms with Crippen LogP contribution in [-0.4, -0.2) is 50.8 Å². The van der Waals surface area contributed by atoms with Crippen molar-refractivity contribution in [3.8, 4) is 0 Å². The van der Waals surface area contributed by atoms with Crippen molar-refractivity contribution in [2.24, 2.45) is 11.6 Å². The van der Waals surface area contributed by atoms with Gasteiger partial charge >= 0.3 is 0 Å². The van der Waals surface area contributed by atoms with Gasteiger partial charge in [0, 0.05) is 19.5 Å². The molecule has 1 fully saturated rings. The number of hydrogen-bond donors (Lipinski definition) is 5. The molecule has 202 valence electrons. The molecule has 0 bridgehead atoms. The SMILES string of the molecule is NNC(N)c1ccc(C[C@H](NC(=O)CNS(=O)(=O)c2ccc3ccccc3c2)C(=O)N2CCCCC2)cc1. The standard InChI is InChI=1S/C27H34N6O4S/c28-26(32-29)21-10-8-19(9-11-21)16-24(27(35)33-14-4-1-5-15-33)31-25(34)18-30-38(36,37)23-13-12-20-6-2-3-7-22(20)17-23/h2-3,6-13,17,24,26,30,32H,1,4-5,14-16,18,28-29H2,(H,31,34)/t24-,26?/m0/s1. The molecular formula is C27H34N6O4S. The number of nitrogens with zero attached hydrogens (tertiary/aromatic N) is 1. The minimum Gasteiger partial charge on any atom is -0.343 e. The van der Waals surface area contributed by atoms with E-state index in [1.807, 2.05) is 48.5 Å². The Morgan fingerprint density at radius 3 is 2.29 bits per heavy atom. The Balaban J connectivity index is 1.44. The van der Waals surface area contributed by atoms with E-state index in [1.54, 1.807) is 17.0 Å². The fourth-order valence-corrected chi connectivity index (χ4v) is 5.57. The highest BCUT2D eigenvalue weighted by Gasteiger charge is 2.28. The third-order valence-electron chi connectivity index (χ3n) is 6.71. The summed E-state index contributed by atoms with van der Waals surface area (Å²) in [5.74, 6) is 4.63. The molecule has 3 aromatic rings. The smallest absolute Gasteiger partial charge is 0.245 e. The van der Waals surface area contributed by atoms with Crippen LogP contribution in [-0.2, 0) is 26.0 Å². The molecule has 7 N–H and O–H groups in total. The lowest BCUT2D eigenvalue weighted by Gasteiger charge is -2.31. The number of likely N-dealkylation sites (tertiary alicyclic amines) is 1. The molecule has 1 heterocycles. The maximum atomic E-state index is 13.3. The summed E-state index contributed by atoms with van der Waals surface area (Å²) in [6.07, 6.45) is 2.62. The van der Waals surface area contributed by atoms with Gasteiger partial charge in [-0.25, -0.2) is 18.6 Å². The van der Waals surface area contributed by atoms with E-state index in [-0.39, 0.29) is 17.2 Å². The summed E-state index contributed by atoms with van der Waals surface area (Å²) >= 11 is 0. The maximum absolute atomic E-state index is 13.3. The third kappa shape index (κ3) is 6.94. The van der Waals surface area contributed by atoms with Crippen LogP contribution >= 0.6 is 0 Å². The second-order valence-corrected chi connectivity index (χ2v) is 11.2. The Hall–Kier alpha value is -3.35. The molecule has 0 spiro atoms. The average molecular weight is 539 g/mol. The number of benzene rings is 3. The molecule has 38 heavy (non-hydrogen) atoms. The van der Waals surface area contributed by atoms with E-state index >= 15 is 0 Å². The van der Waals surface area contributed by atoms with Gasteiger partial charge in [-0.05, 0) is 53.3 Å². The molecule has 11 heteroatoms. The van der Waals surface area contributed by atoms with Crippen LogP contribution in [0, 0.1) is 0 Å². The molecule has 1 aliphatic rings. The zero-order valence-corrected chi connectivity index (χ0v) is 21.9. The summed E-state index contributed by atoms with van der Waals surface area (Å²) in [6.45, 7) is 0.778. The van der Waals surface area contributed by atoms with Gasteiger partial charge in [0.2, 0.25) is 21.8 Å². The first-order chi connectivity index (χ1) is 18.3. The zero-order valence-electron chi connectivity index (χ0n) is 21.1. The van der Waals surface area contributed by atoms with Crippen molar-refractivity contribution in [3.05, 3.63) is 77.9 Å². The molecule has 0 aromatic heterocycles. The van der Waals surface area contributed by atoms with Gasteiger partial charge in [0.25, 0.3) is 0 Å². The first-order valence-corrected chi connectivity index (χ1v) is 14.1. The number of hydrogen-bond acceptors (Lipinski definition) is 7. The van der Waals surface area contributed by atoms with Crippen molar-refractivity contribution in [1.29, 1.82) is 0 Å². The van der Waals surface area contributed by atoms with E-state index in [1.165, 1.54) is 6.07 Å². The largest absolute Gasteiger partial charge is 0.343 e. The summed E-state index contributed by atoms with van der Waals surface area (Å²) < 4.78 is 28.1. The average Bonchev–Trinajstić information content (AvgIpc) is 2.95. The Bertz CT molecular complexity index is 1370. The number of rotatable bonds is 10. The summed E-state index contributed by atoms with van der Waals surface area (Å²) in [5, 5.41) is 4.44. The minimum absolute atomic E-state index is 0.0650. The van der Waals surface area contributed by atoms with Crippen molar-refractivity contribution in [3.63, 3.8) is 0 Å². The van der Waals surface area contributed by atoms with Crippen LogP contribution in [0.4, 0.5) is 0 Å². The fourth-order valence-electron chi connectivity index (χ4n) is 4.55. The lowest BCUT2D eigenvalue weighted by atomic mass is 10.0. The van der Waals surface area contributed by atoms with Crippen LogP contribution in [0.5, 0.6) is 0 Å². The van der Waals surface area contributed by atoms with Gasteiger partial charge in [0.05, 0.1) is 17.6 Å². The first-order valence-electron chi connectivity index (χ1n) is 12.6. The van der Waals surface area contributed by atoms with Gasteiger partial charge in [-0.1, -0.05) is 54.6 Å². The molecule has 2 atom stereocenters. The molecule has 0 radical (unpaired) electrons. The highest BCUT2D eigenvalue weighted by atomic mass is 32.2. The molecule has 10 nitrogen and oxygen atoms in total. The maximum Gasteiger partial charge on any atom is 0.245 e. The van der Waals surface area contributed by atoms with Gasteiger partial charge in [0.1, 0.15) is 6.04 Å². The quantitative estimate of drug-likeness (QED) is 0.148. The monoisotopic (exact) mass is 538 g/mol. The van der Waals surface area contributed by atoms with Crippen molar-refractivity contribution in [2.75, 3.05) is 19.6 Å².